The van der Waals surface area contributed by atoms with Gasteiger partial charge in [-0.1, -0.05) is 11.6 Å². The van der Waals surface area contributed by atoms with Crippen LogP contribution in [0.5, 0.6) is 0 Å². The van der Waals surface area contributed by atoms with Crippen LogP contribution in [0.4, 0.5) is 11.4 Å². The Kier molecular flexibility index (Phi) is 3.86. The smallest absolute Gasteiger partial charge is 0.0897 e. The zero-order chi connectivity index (χ0) is 12.3. The Morgan fingerprint density at radius 1 is 1.47 bits per heavy atom. The average molecular weight is 268 g/mol. The van der Waals surface area contributed by atoms with Crippen LogP contribution in [-0.4, -0.2) is 11.5 Å². The minimum atomic E-state index is 0.652. The summed E-state index contributed by atoms with van der Waals surface area (Å²) in [5.41, 5.74) is 8.33. The Balaban J connectivity index is 1.90. The second-order valence-corrected chi connectivity index (χ2v) is 5.24. The number of hydrogen-bond donors (Lipinski definition) is 2. The lowest BCUT2D eigenvalue weighted by atomic mass is 10.2. The van der Waals surface area contributed by atoms with E-state index in [1.54, 1.807) is 17.4 Å². The Labute approximate surface area is 110 Å². The number of nitrogens with zero attached hydrogens (tertiary/aromatic N) is 1. The molecule has 0 unspecified atom stereocenters. The van der Waals surface area contributed by atoms with E-state index in [1.807, 2.05) is 19.1 Å². The van der Waals surface area contributed by atoms with Gasteiger partial charge in [0.1, 0.15) is 0 Å². The topological polar surface area (TPSA) is 50.9 Å². The Morgan fingerprint density at radius 2 is 2.29 bits per heavy atom. The maximum Gasteiger partial charge on any atom is 0.0897 e. The van der Waals surface area contributed by atoms with E-state index in [4.69, 9.17) is 17.3 Å². The van der Waals surface area contributed by atoms with E-state index in [0.29, 0.717) is 10.7 Å². The first-order chi connectivity index (χ1) is 8.15. The van der Waals surface area contributed by atoms with Gasteiger partial charge in [-0.25, -0.2) is 4.98 Å². The van der Waals surface area contributed by atoms with E-state index in [1.165, 1.54) is 0 Å². The zero-order valence-corrected chi connectivity index (χ0v) is 11.1. The summed E-state index contributed by atoms with van der Waals surface area (Å²) in [4.78, 5) is 4.40. The molecule has 2 aromatic rings. The van der Waals surface area contributed by atoms with Crippen molar-refractivity contribution in [1.82, 2.24) is 4.98 Å². The van der Waals surface area contributed by atoms with Gasteiger partial charge >= 0.3 is 0 Å². The fourth-order valence-corrected chi connectivity index (χ4v) is 2.43. The first kappa shape index (κ1) is 12.2. The summed E-state index contributed by atoms with van der Waals surface area (Å²) in [6, 6.07) is 5.47. The Hall–Kier alpha value is -1.26. The SMILES string of the molecule is Cc1nc(CCNc2ccc(N)cc2Cl)cs1. The number of nitrogens with two attached hydrogens (primary N) is 1. The highest BCUT2D eigenvalue weighted by Gasteiger charge is 2.01. The molecule has 1 aromatic carbocycles. The van der Waals surface area contributed by atoms with Gasteiger partial charge in [-0.2, -0.15) is 0 Å². The number of nitrogen functional groups attached to an aromatic ring is 1. The normalized spacial score (nSPS) is 10.5. The second kappa shape index (κ2) is 5.38. The summed E-state index contributed by atoms with van der Waals surface area (Å²) in [7, 11) is 0. The molecule has 17 heavy (non-hydrogen) atoms. The minimum Gasteiger partial charge on any atom is -0.399 e. The molecule has 1 aromatic heterocycles. The van der Waals surface area contributed by atoms with Crippen molar-refractivity contribution in [3.05, 3.63) is 39.3 Å². The molecule has 0 fully saturated rings. The van der Waals surface area contributed by atoms with Gasteiger partial charge in [-0.15, -0.1) is 11.3 Å². The minimum absolute atomic E-state index is 0.652. The number of hydrogen-bond acceptors (Lipinski definition) is 4. The summed E-state index contributed by atoms with van der Waals surface area (Å²) >= 11 is 7.73. The third kappa shape index (κ3) is 3.35. The zero-order valence-electron chi connectivity index (χ0n) is 9.53. The summed E-state index contributed by atoms with van der Waals surface area (Å²) in [5, 5.41) is 7.11. The molecule has 0 aliphatic heterocycles. The highest BCUT2D eigenvalue weighted by atomic mass is 35.5. The van der Waals surface area contributed by atoms with Gasteiger partial charge in [0.05, 0.1) is 21.4 Å². The van der Waals surface area contributed by atoms with Crippen molar-refractivity contribution in [2.45, 2.75) is 13.3 Å². The Bertz CT molecular complexity index is 510. The quantitative estimate of drug-likeness (QED) is 0.836. The lowest BCUT2D eigenvalue weighted by Gasteiger charge is -2.07. The highest BCUT2D eigenvalue weighted by Crippen LogP contribution is 2.23. The number of thiazole rings is 1. The molecular weight excluding hydrogens is 254 g/mol. The van der Waals surface area contributed by atoms with Gasteiger partial charge in [0.25, 0.3) is 0 Å². The fraction of sp³-hybridized carbons (Fsp3) is 0.250. The molecule has 0 atom stereocenters. The first-order valence-corrected chi connectivity index (χ1v) is 6.61. The molecule has 1 heterocycles. The van der Waals surface area contributed by atoms with Gasteiger partial charge in [0, 0.05) is 24.0 Å². The van der Waals surface area contributed by atoms with E-state index in [2.05, 4.69) is 15.7 Å². The summed E-state index contributed by atoms with van der Waals surface area (Å²) in [6.45, 7) is 2.82. The van der Waals surface area contributed by atoms with Crippen molar-refractivity contribution in [1.29, 1.82) is 0 Å². The van der Waals surface area contributed by atoms with E-state index in [9.17, 15) is 0 Å². The fourth-order valence-electron chi connectivity index (χ4n) is 1.52. The third-order valence-corrected chi connectivity index (χ3v) is 3.49. The number of aryl methyl sites for hydroxylation is 1. The Morgan fingerprint density at radius 3 is 2.94 bits per heavy atom. The monoisotopic (exact) mass is 267 g/mol. The molecule has 0 radical (unpaired) electrons. The number of nitrogens with one attached hydrogen (secondary N) is 1. The van der Waals surface area contributed by atoms with Crippen molar-refractivity contribution in [3.63, 3.8) is 0 Å². The lowest BCUT2D eigenvalue weighted by molar-refractivity contribution is 0.968. The molecule has 0 spiro atoms. The average Bonchev–Trinajstić information content (AvgIpc) is 2.68. The van der Waals surface area contributed by atoms with Crippen LogP contribution in [0.25, 0.3) is 0 Å². The second-order valence-electron chi connectivity index (χ2n) is 3.77. The molecule has 90 valence electrons. The molecule has 0 saturated carbocycles. The van der Waals surface area contributed by atoms with E-state index in [0.717, 1.165) is 29.4 Å². The molecule has 0 aliphatic carbocycles. The van der Waals surface area contributed by atoms with Crippen LogP contribution < -0.4 is 11.1 Å². The van der Waals surface area contributed by atoms with Crippen LogP contribution in [0.15, 0.2) is 23.6 Å². The molecule has 2 rings (SSSR count). The van der Waals surface area contributed by atoms with Crippen LogP contribution in [0.2, 0.25) is 5.02 Å². The van der Waals surface area contributed by atoms with Crippen LogP contribution in [0.1, 0.15) is 10.7 Å². The van der Waals surface area contributed by atoms with Crippen LogP contribution in [-0.2, 0) is 6.42 Å². The predicted octanol–water partition coefficient (Wildman–Crippen LogP) is 3.34. The number of benzene rings is 1. The van der Waals surface area contributed by atoms with Gasteiger partial charge in [-0.05, 0) is 25.1 Å². The maximum absolute atomic E-state index is 6.06. The van der Waals surface area contributed by atoms with Gasteiger partial charge in [-0.3, -0.25) is 0 Å². The number of aromatic nitrogens is 1. The molecule has 3 nitrogen and oxygen atoms in total. The molecule has 0 amide bonds. The molecule has 0 saturated heterocycles. The maximum atomic E-state index is 6.06. The van der Waals surface area contributed by atoms with Crippen molar-refractivity contribution in [3.8, 4) is 0 Å². The lowest BCUT2D eigenvalue weighted by Crippen LogP contribution is -2.05. The summed E-state index contributed by atoms with van der Waals surface area (Å²) < 4.78 is 0. The molecule has 3 N–H and O–H groups in total. The molecular formula is C12H14ClN3S. The van der Waals surface area contributed by atoms with Crippen LogP contribution >= 0.6 is 22.9 Å². The van der Waals surface area contributed by atoms with Gasteiger partial charge in [0.15, 0.2) is 0 Å². The number of halogens is 1. The van der Waals surface area contributed by atoms with Crippen molar-refractivity contribution >= 4 is 34.3 Å². The number of anilines is 2. The number of rotatable bonds is 4. The molecule has 0 aliphatic rings. The van der Waals surface area contributed by atoms with Crippen LogP contribution in [0.3, 0.4) is 0 Å². The molecule has 5 heteroatoms. The summed E-state index contributed by atoms with van der Waals surface area (Å²) in [6.07, 6.45) is 0.894. The molecule has 0 bridgehead atoms. The van der Waals surface area contributed by atoms with Gasteiger partial charge in [0.2, 0.25) is 0 Å². The van der Waals surface area contributed by atoms with E-state index < -0.39 is 0 Å². The predicted molar refractivity (Wildman–Crippen MR) is 74.9 cm³/mol. The van der Waals surface area contributed by atoms with Crippen molar-refractivity contribution in [2.24, 2.45) is 0 Å². The van der Waals surface area contributed by atoms with Gasteiger partial charge < -0.3 is 11.1 Å². The van der Waals surface area contributed by atoms with Crippen LogP contribution in [0, 0.1) is 6.92 Å². The van der Waals surface area contributed by atoms with E-state index >= 15 is 0 Å². The largest absolute Gasteiger partial charge is 0.399 e. The summed E-state index contributed by atoms with van der Waals surface area (Å²) in [5.74, 6) is 0. The van der Waals surface area contributed by atoms with E-state index in [-0.39, 0.29) is 0 Å². The van der Waals surface area contributed by atoms with Crippen molar-refractivity contribution < 1.29 is 0 Å². The highest BCUT2D eigenvalue weighted by molar-refractivity contribution is 7.09. The standard InChI is InChI=1S/C12H14ClN3S/c1-8-16-10(7-17-8)4-5-15-12-3-2-9(14)6-11(12)13/h2-3,6-7,15H,4-5,14H2,1H3. The van der Waals surface area contributed by atoms with Crippen molar-refractivity contribution in [2.75, 3.05) is 17.6 Å². The first-order valence-electron chi connectivity index (χ1n) is 5.35. The third-order valence-electron chi connectivity index (χ3n) is 2.36.